The van der Waals surface area contributed by atoms with Gasteiger partial charge in [-0.3, -0.25) is 4.90 Å². The molecule has 1 N–H and O–H groups in total. The van der Waals surface area contributed by atoms with Crippen molar-refractivity contribution >= 4 is 0 Å². The van der Waals surface area contributed by atoms with Crippen LogP contribution >= 0.6 is 0 Å². The van der Waals surface area contributed by atoms with Gasteiger partial charge in [0.25, 0.3) is 0 Å². The number of rotatable bonds is 2. The monoisotopic (exact) mass is 252 g/mol. The van der Waals surface area contributed by atoms with E-state index in [4.69, 9.17) is 0 Å². The van der Waals surface area contributed by atoms with Crippen LogP contribution in [0.5, 0.6) is 0 Å². The van der Waals surface area contributed by atoms with Crippen LogP contribution in [0.3, 0.4) is 0 Å². The largest absolute Gasteiger partial charge is 0.315 e. The molecule has 1 aliphatic heterocycles. The first-order chi connectivity index (χ1) is 8.33. The van der Waals surface area contributed by atoms with Gasteiger partial charge in [0.05, 0.1) is 0 Å². The fraction of sp³-hybridized carbons (Fsp3) is 1.00. The first-order valence-corrected chi connectivity index (χ1v) is 7.74. The number of nitrogens with zero attached hydrogens (tertiary/aromatic N) is 1. The minimum atomic E-state index is 0.533. The molecule has 0 radical (unpaired) electrons. The molecule has 18 heavy (non-hydrogen) atoms. The van der Waals surface area contributed by atoms with Crippen molar-refractivity contribution < 1.29 is 0 Å². The second-order valence-electron chi connectivity index (χ2n) is 8.07. The van der Waals surface area contributed by atoms with Crippen molar-refractivity contribution in [1.29, 1.82) is 0 Å². The van der Waals surface area contributed by atoms with Crippen LogP contribution in [0.4, 0.5) is 0 Å². The Morgan fingerprint density at radius 3 is 2.11 bits per heavy atom. The molecule has 2 unspecified atom stereocenters. The summed E-state index contributed by atoms with van der Waals surface area (Å²) in [6.07, 6.45) is 6.79. The van der Waals surface area contributed by atoms with Crippen LogP contribution in [0.1, 0.15) is 59.8 Å². The molecule has 2 nitrogen and oxygen atoms in total. The number of hydrogen-bond acceptors (Lipinski definition) is 2. The lowest BCUT2D eigenvalue weighted by Crippen LogP contribution is -2.56. The second kappa shape index (κ2) is 5.13. The molecule has 2 atom stereocenters. The van der Waals surface area contributed by atoms with Crippen molar-refractivity contribution in [3.63, 3.8) is 0 Å². The summed E-state index contributed by atoms with van der Waals surface area (Å²) in [5.41, 5.74) is 1.10. The summed E-state index contributed by atoms with van der Waals surface area (Å²) in [6.45, 7) is 12.3. The molecule has 2 aliphatic rings. The maximum atomic E-state index is 3.57. The van der Waals surface area contributed by atoms with Crippen LogP contribution in [-0.2, 0) is 0 Å². The first kappa shape index (κ1) is 14.3. The third-order valence-corrected chi connectivity index (χ3v) is 5.35. The van der Waals surface area contributed by atoms with E-state index in [1.54, 1.807) is 0 Å². The Kier molecular flexibility index (Phi) is 4.08. The van der Waals surface area contributed by atoms with Crippen molar-refractivity contribution in [2.45, 2.75) is 71.9 Å². The Morgan fingerprint density at radius 1 is 0.944 bits per heavy atom. The highest BCUT2D eigenvalue weighted by Crippen LogP contribution is 2.39. The second-order valence-corrected chi connectivity index (χ2v) is 8.07. The van der Waals surface area contributed by atoms with Gasteiger partial charge in [-0.2, -0.15) is 0 Å². The van der Waals surface area contributed by atoms with Crippen molar-refractivity contribution in [3.05, 3.63) is 0 Å². The number of hydrogen-bond donors (Lipinski definition) is 1. The summed E-state index contributed by atoms with van der Waals surface area (Å²) < 4.78 is 0. The molecule has 1 heterocycles. The Bertz CT molecular complexity index is 273. The van der Waals surface area contributed by atoms with Gasteiger partial charge < -0.3 is 5.32 Å². The van der Waals surface area contributed by atoms with Crippen LogP contribution in [0.15, 0.2) is 0 Å². The van der Waals surface area contributed by atoms with Crippen molar-refractivity contribution in [2.24, 2.45) is 10.8 Å². The molecule has 2 heteroatoms. The van der Waals surface area contributed by atoms with Crippen molar-refractivity contribution in [3.8, 4) is 0 Å². The summed E-state index contributed by atoms with van der Waals surface area (Å²) >= 11 is 0. The first-order valence-electron chi connectivity index (χ1n) is 7.74. The molecule has 0 amide bonds. The van der Waals surface area contributed by atoms with Gasteiger partial charge >= 0.3 is 0 Å². The molecule has 0 aromatic rings. The molecule has 0 aromatic carbocycles. The Morgan fingerprint density at radius 2 is 1.56 bits per heavy atom. The van der Waals surface area contributed by atoms with Gasteiger partial charge in [-0.05, 0) is 63.1 Å². The zero-order chi connectivity index (χ0) is 13.4. The van der Waals surface area contributed by atoms with E-state index in [1.807, 2.05) is 0 Å². The van der Waals surface area contributed by atoms with E-state index >= 15 is 0 Å². The minimum absolute atomic E-state index is 0.533. The van der Waals surface area contributed by atoms with Gasteiger partial charge in [0.2, 0.25) is 0 Å². The maximum Gasteiger partial charge on any atom is 0.0254 e. The summed E-state index contributed by atoms with van der Waals surface area (Å²) in [5.74, 6) is 0. The van der Waals surface area contributed by atoms with Gasteiger partial charge in [-0.15, -0.1) is 0 Å². The quantitative estimate of drug-likeness (QED) is 0.811. The average molecular weight is 252 g/mol. The van der Waals surface area contributed by atoms with E-state index in [-0.39, 0.29) is 0 Å². The summed E-state index contributed by atoms with van der Waals surface area (Å²) in [7, 11) is 2.14. The summed E-state index contributed by atoms with van der Waals surface area (Å²) in [6, 6.07) is 1.47. The highest BCUT2D eigenvalue weighted by Gasteiger charge is 2.39. The smallest absolute Gasteiger partial charge is 0.0254 e. The average Bonchev–Trinajstić information content (AvgIpc) is 2.28. The predicted molar refractivity (Wildman–Crippen MR) is 78.9 cm³/mol. The number of piperidine rings is 1. The Hall–Kier alpha value is -0.0800. The number of nitrogens with one attached hydrogen (secondary N) is 1. The lowest BCUT2D eigenvalue weighted by atomic mass is 9.71. The molecule has 0 spiro atoms. The highest BCUT2D eigenvalue weighted by atomic mass is 15.2. The fourth-order valence-electron chi connectivity index (χ4n) is 3.73. The molecular weight excluding hydrogens is 220 g/mol. The van der Waals surface area contributed by atoms with Crippen LogP contribution in [0.2, 0.25) is 0 Å². The van der Waals surface area contributed by atoms with E-state index in [0.29, 0.717) is 16.9 Å². The van der Waals surface area contributed by atoms with E-state index < -0.39 is 0 Å². The molecule has 0 aromatic heterocycles. The van der Waals surface area contributed by atoms with E-state index in [0.717, 1.165) is 6.04 Å². The zero-order valence-corrected chi connectivity index (χ0v) is 13.1. The third kappa shape index (κ3) is 3.27. The molecule has 1 saturated carbocycles. The molecule has 2 rings (SSSR count). The van der Waals surface area contributed by atoms with Crippen LogP contribution in [0, 0.1) is 10.8 Å². The predicted octanol–water partition coefficient (Wildman–Crippen LogP) is 3.28. The fourth-order valence-corrected chi connectivity index (χ4v) is 3.73. The zero-order valence-electron chi connectivity index (χ0n) is 13.1. The SMILES string of the molecule is CNC1CCC(C)(C)CC1N1CCC(C)(C)CC1. The Balaban J connectivity index is 2.01. The Labute approximate surface area is 114 Å². The summed E-state index contributed by atoms with van der Waals surface area (Å²) in [4.78, 5) is 2.77. The molecule has 106 valence electrons. The lowest BCUT2D eigenvalue weighted by Gasteiger charge is -2.49. The minimum Gasteiger partial charge on any atom is -0.315 e. The van der Waals surface area contributed by atoms with Crippen LogP contribution in [-0.4, -0.2) is 37.1 Å². The molecule has 0 bridgehead atoms. The van der Waals surface area contributed by atoms with Gasteiger partial charge in [0.1, 0.15) is 0 Å². The highest BCUT2D eigenvalue weighted by molar-refractivity contribution is 4.95. The van der Waals surface area contributed by atoms with E-state index in [1.165, 1.54) is 45.2 Å². The molecule has 2 fully saturated rings. The van der Waals surface area contributed by atoms with Crippen LogP contribution in [0.25, 0.3) is 0 Å². The maximum absolute atomic E-state index is 3.57. The van der Waals surface area contributed by atoms with Crippen molar-refractivity contribution in [2.75, 3.05) is 20.1 Å². The lowest BCUT2D eigenvalue weighted by molar-refractivity contribution is 0.0278. The summed E-state index contributed by atoms with van der Waals surface area (Å²) in [5, 5.41) is 3.57. The standard InChI is InChI=1S/C16H32N2/c1-15(2)8-10-18(11-9-15)14-12-16(3,4)7-6-13(14)17-5/h13-14,17H,6-12H2,1-5H3. The van der Waals surface area contributed by atoms with Gasteiger partial charge in [-0.1, -0.05) is 27.7 Å². The van der Waals surface area contributed by atoms with Gasteiger partial charge in [0, 0.05) is 12.1 Å². The van der Waals surface area contributed by atoms with Crippen LogP contribution < -0.4 is 5.32 Å². The normalized spacial score (nSPS) is 36.5. The van der Waals surface area contributed by atoms with E-state index in [9.17, 15) is 0 Å². The topological polar surface area (TPSA) is 15.3 Å². The molecular formula is C16H32N2. The number of likely N-dealkylation sites (tertiary alicyclic amines) is 1. The van der Waals surface area contributed by atoms with Crippen molar-refractivity contribution in [1.82, 2.24) is 10.2 Å². The van der Waals surface area contributed by atoms with Gasteiger partial charge in [0.15, 0.2) is 0 Å². The number of likely N-dealkylation sites (N-methyl/N-ethyl adjacent to an activating group) is 1. The molecule has 1 saturated heterocycles. The third-order valence-electron chi connectivity index (χ3n) is 5.35. The molecule has 1 aliphatic carbocycles. The van der Waals surface area contributed by atoms with E-state index in [2.05, 4.69) is 45.0 Å². The van der Waals surface area contributed by atoms with Gasteiger partial charge in [-0.25, -0.2) is 0 Å².